The number of carboxylic acid groups (broad SMARTS) is 1. The molecule has 0 unspecified atom stereocenters. The molecule has 3 nitrogen and oxygen atoms in total. The van der Waals surface area contributed by atoms with E-state index >= 15 is 0 Å². The standard InChI is InChI=1S/C8H11NO2/c1-2-3-4-5-7(6-9)8(10)11/h2-5H,1,6,9H2,(H,10,11)/b4-3-,7-5+. The van der Waals surface area contributed by atoms with E-state index in [1.54, 1.807) is 18.2 Å². The van der Waals surface area contributed by atoms with Crippen LogP contribution in [0.15, 0.2) is 36.5 Å². The molecule has 0 aliphatic rings. The van der Waals surface area contributed by atoms with Crippen LogP contribution in [0, 0.1) is 0 Å². The second kappa shape index (κ2) is 5.44. The largest absolute Gasteiger partial charge is 0.478 e. The molecule has 0 aromatic carbocycles. The Morgan fingerprint density at radius 2 is 2.18 bits per heavy atom. The Morgan fingerprint density at radius 3 is 2.55 bits per heavy atom. The minimum absolute atomic E-state index is 0.0385. The maximum atomic E-state index is 10.3. The molecule has 60 valence electrons. The molecule has 11 heavy (non-hydrogen) atoms. The highest BCUT2D eigenvalue weighted by molar-refractivity contribution is 5.87. The first kappa shape index (κ1) is 9.65. The number of allylic oxidation sites excluding steroid dienone is 4. The first-order chi connectivity index (χ1) is 5.22. The first-order valence-electron chi connectivity index (χ1n) is 3.14. The van der Waals surface area contributed by atoms with Gasteiger partial charge < -0.3 is 10.8 Å². The number of rotatable bonds is 4. The predicted octanol–water partition coefficient (Wildman–Crippen LogP) is 0.698. The molecule has 0 saturated heterocycles. The van der Waals surface area contributed by atoms with E-state index in [0.29, 0.717) is 0 Å². The second-order valence-corrected chi connectivity index (χ2v) is 1.82. The summed E-state index contributed by atoms with van der Waals surface area (Å²) in [6.07, 6.45) is 6.23. The minimum atomic E-state index is -0.985. The minimum Gasteiger partial charge on any atom is -0.478 e. The molecule has 3 N–H and O–H groups in total. The van der Waals surface area contributed by atoms with E-state index in [0.717, 1.165) is 0 Å². The highest BCUT2D eigenvalue weighted by Crippen LogP contribution is 1.91. The van der Waals surface area contributed by atoms with Gasteiger partial charge >= 0.3 is 5.97 Å². The van der Waals surface area contributed by atoms with Crippen molar-refractivity contribution in [3.8, 4) is 0 Å². The fraction of sp³-hybridized carbons (Fsp3) is 0.125. The Morgan fingerprint density at radius 1 is 1.55 bits per heavy atom. The maximum absolute atomic E-state index is 10.3. The summed E-state index contributed by atoms with van der Waals surface area (Å²) in [5, 5.41) is 8.46. The van der Waals surface area contributed by atoms with Crippen molar-refractivity contribution in [2.24, 2.45) is 5.73 Å². The van der Waals surface area contributed by atoms with Crippen LogP contribution >= 0.6 is 0 Å². The molecule has 0 aromatic rings. The highest BCUT2D eigenvalue weighted by Gasteiger charge is 2.00. The van der Waals surface area contributed by atoms with Gasteiger partial charge in [-0.1, -0.05) is 30.9 Å². The van der Waals surface area contributed by atoms with Gasteiger partial charge in [-0.2, -0.15) is 0 Å². The van der Waals surface area contributed by atoms with Gasteiger partial charge in [-0.3, -0.25) is 0 Å². The molecule has 0 amide bonds. The van der Waals surface area contributed by atoms with Crippen LogP contribution in [0.25, 0.3) is 0 Å². The van der Waals surface area contributed by atoms with Crippen LogP contribution in [0.4, 0.5) is 0 Å². The van der Waals surface area contributed by atoms with Gasteiger partial charge in [0, 0.05) is 6.54 Å². The van der Waals surface area contributed by atoms with E-state index in [9.17, 15) is 4.79 Å². The maximum Gasteiger partial charge on any atom is 0.332 e. The van der Waals surface area contributed by atoms with E-state index in [-0.39, 0.29) is 12.1 Å². The summed E-state index contributed by atoms with van der Waals surface area (Å²) in [6.45, 7) is 3.47. The third kappa shape index (κ3) is 4.11. The van der Waals surface area contributed by atoms with E-state index in [4.69, 9.17) is 10.8 Å². The molecule has 0 rings (SSSR count). The zero-order valence-corrected chi connectivity index (χ0v) is 6.16. The summed E-state index contributed by atoms with van der Waals surface area (Å²) in [4.78, 5) is 10.3. The lowest BCUT2D eigenvalue weighted by molar-refractivity contribution is -0.132. The molecule has 3 heteroatoms. The number of carbonyl (C=O) groups is 1. The average Bonchev–Trinajstić information content (AvgIpc) is 1.97. The van der Waals surface area contributed by atoms with Crippen LogP contribution in [0.5, 0.6) is 0 Å². The third-order valence-electron chi connectivity index (χ3n) is 1.04. The van der Waals surface area contributed by atoms with Crippen LogP contribution in [0.3, 0.4) is 0 Å². The molecule has 0 saturated carbocycles. The Bertz CT molecular complexity index is 204. The van der Waals surface area contributed by atoms with Crippen molar-refractivity contribution >= 4 is 5.97 Å². The van der Waals surface area contributed by atoms with E-state index < -0.39 is 5.97 Å². The quantitative estimate of drug-likeness (QED) is 0.461. The van der Waals surface area contributed by atoms with Crippen molar-refractivity contribution in [3.63, 3.8) is 0 Å². The van der Waals surface area contributed by atoms with Crippen molar-refractivity contribution in [2.45, 2.75) is 0 Å². The summed E-state index contributed by atoms with van der Waals surface area (Å²) < 4.78 is 0. The third-order valence-corrected chi connectivity index (χ3v) is 1.04. The second-order valence-electron chi connectivity index (χ2n) is 1.82. The fourth-order valence-electron chi connectivity index (χ4n) is 0.477. The van der Waals surface area contributed by atoms with Crippen molar-refractivity contribution in [1.29, 1.82) is 0 Å². The SMILES string of the molecule is C=C/C=C\C=C(/CN)C(=O)O. The van der Waals surface area contributed by atoms with Crippen molar-refractivity contribution < 1.29 is 9.90 Å². The van der Waals surface area contributed by atoms with Gasteiger partial charge in [-0.05, 0) is 0 Å². The Balaban J connectivity index is 4.23. The van der Waals surface area contributed by atoms with Crippen LogP contribution in [-0.4, -0.2) is 17.6 Å². The molecule has 0 spiro atoms. The summed E-state index contributed by atoms with van der Waals surface area (Å²) in [6, 6.07) is 0. The van der Waals surface area contributed by atoms with Crippen LogP contribution in [-0.2, 0) is 4.79 Å². The summed E-state index contributed by atoms with van der Waals surface area (Å²) >= 11 is 0. The molecule has 0 atom stereocenters. The summed E-state index contributed by atoms with van der Waals surface area (Å²) in [5.74, 6) is -0.985. The fourth-order valence-corrected chi connectivity index (χ4v) is 0.477. The van der Waals surface area contributed by atoms with Crippen LogP contribution in [0.1, 0.15) is 0 Å². The normalized spacial score (nSPS) is 11.9. The zero-order valence-electron chi connectivity index (χ0n) is 6.16. The number of hydrogen-bond acceptors (Lipinski definition) is 2. The van der Waals surface area contributed by atoms with E-state index in [1.807, 2.05) is 0 Å². The van der Waals surface area contributed by atoms with Gasteiger partial charge in [0.2, 0.25) is 0 Å². The van der Waals surface area contributed by atoms with E-state index in [1.165, 1.54) is 6.08 Å². The number of hydrogen-bond donors (Lipinski definition) is 2. The molecule has 0 aromatic heterocycles. The molecular weight excluding hydrogens is 142 g/mol. The molecule has 0 fully saturated rings. The number of nitrogens with two attached hydrogens (primary N) is 1. The predicted molar refractivity (Wildman–Crippen MR) is 44.1 cm³/mol. The topological polar surface area (TPSA) is 63.3 Å². The Hall–Kier alpha value is -1.35. The van der Waals surface area contributed by atoms with Crippen LogP contribution < -0.4 is 5.73 Å². The molecule has 0 aliphatic heterocycles. The lowest BCUT2D eigenvalue weighted by atomic mass is 10.2. The van der Waals surface area contributed by atoms with Crippen LogP contribution in [0.2, 0.25) is 0 Å². The molecule has 0 heterocycles. The lowest BCUT2D eigenvalue weighted by Gasteiger charge is -1.92. The average molecular weight is 153 g/mol. The first-order valence-corrected chi connectivity index (χ1v) is 3.14. The molecule has 0 radical (unpaired) electrons. The Kier molecular flexibility index (Phi) is 4.77. The molecule has 0 bridgehead atoms. The Labute approximate surface area is 65.5 Å². The van der Waals surface area contributed by atoms with Gasteiger partial charge in [-0.15, -0.1) is 0 Å². The van der Waals surface area contributed by atoms with Gasteiger partial charge in [0.15, 0.2) is 0 Å². The monoisotopic (exact) mass is 153 g/mol. The van der Waals surface area contributed by atoms with Gasteiger partial charge in [0.25, 0.3) is 0 Å². The van der Waals surface area contributed by atoms with Gasteiger partial charge in [-0.25, -0.2) is 4.79 Å². The van der Waals surface area contributed by atoms with Crippen molar-refractivity contribution in [1.82, 2.24) is 0 Å². The number of aliphatic carboxylic acids is 1. The highest BCUT2D eigenvalue weighted by atomic mass is 16.4. The zero-order chi connectivity index (χ0) is 8.69. The summed E-state index contributed by atoms with van der Waals surface area (Å²) in [5.41, 5.74) is 5.33. The summed E-state index contributed by atoms with van der Waals surface area (Å²) in [7, 11) is 0. The van der Waals surface area contributed by atoms with E-state index in [2.05, 4.69) is 6.58 Å². The van der Waals surface area contributed by atoms with Gasteiger partial charge in [0.1, 0.15) is 0 Å². The molecular formula is C8H11NO2. The van der Waals surface area contributed by atoms with Crippen molar-refractivity contribution in [3.05, 3.63) is 36.5 Å². The molecule has 0 aliphatic carbocycles. The van der Waals surface area contributed by atoms with Crippen molar-refractivity contribution in [2.75, 3.05) is 6.54 Å². The number of carboxylic acids is 1. The lowest BCUT2D eigenvalue weighted by Crippen LogP contribution is -2.11. The van der Waals surface area contributed by atoms with Gasteiger partial charge in [0.05, 0.1) is 5.57 Å². The smallest absolute Gasteiger partial charge is 0.332 e.